The maximum Gasteiger partial charge on any atom is 0.253 e. The zero-order chi connectivity index (χ0) is 19.6. The number of nitrogens with zero attached hydrogens (tertiary/aromatic N) is 2. The Hall–Kier alpha value is -1.47. The predicted octanol–water partition coefficient (Wildman–Crippen LogP) is 3.28. The topological polar surface area (TPSA) is 57.4 Å². The van der Waals surface area contributed by atoms with Crippen LogP contribution in [0.2, 0.25) is 0 Å². The number of hydrogen-bond acceptors (Lipinski definition) is 4. The van der Waals surface area contributed by atoms with Gasteiger partial charge in [-0.3, -0.25) is 9.69 Å². The van der Waals surface area contributed by atoms with Gasteiger partial charge >= 0.3 is 0 Å². The van der Waals surface area contributed by atoms with Crippen LogP contribution in [0, 0.1) is 0 Å². The number of hydrogen-bond donors (Lipinski definition) is 2. The summed E-state index contributed by atoms with van der Waals surface area (Å²) in [4.78, 5) is 17.8. The van der Waals surface area contributed by atoms with E-state index < -0.39 is 0 Å². The van der Waals surface area contributed by atoms with E-state index in [1.54, 1.807) is 0 Å². The summed E-state index contributed by atoms with van der Waals surface area (Å²) in [5.74, 6) is 0.873. The first-order valence-corrected chi connectivity index (χ1v) is 10.8. The third-order valence-electron chi connectivity index (χ3n) is 6.79. The van der Waals surface area contributed by atoms with Crippen molar-refractivity contribution in [2.24, 2.45) is 0 Å². The van der Waals surface area contributed by atoms with E-state index in [1.807, 2.05) is 12.1 Å². The number of quaternary nitrogens is 1. The molecule has 0 atom stereocenters. The predicted molar refractivity (Wildman–Crippen MR) is 129 cm³/mol. The van der Waals surface area contributed by atoms with Crippen LogP contribution in [0.15, 0.2) is 23.0 Å². The van der Waals surface area contributed by atoms with Crippen LogP contribution in [0.5, 0.6) is 5.75 Å². The molecule has 0 spiro atoms. The van der Waals surface area contributed by atoms with Gasteiger partial charge in [0.15, 0.2) is 0 Å². The second kappa shape index (κ2) is 10.7. The van der Waals surface area contributed by atoms with Gasteiger partial charge in [0.2, 0.25) is 0 Å². The maximum atomic E-state index is 12.3. The molecule has 1 aromatic carbocycles. The highest BCUT2D eigenvalue weighted by Gasteiger charge is 2.29. The number of H-pyrrole nitrogens is 1. The van der Waals surface area contributed by atoms with Gasteiger partial charge in [0.25, 0.3) is 5.56 Å². The molecule has 0 bridgehead atoms. The highest BCUT2D eigenvalue weighted by Crippen LogP contribution is 2.30. The van der Waals surface area contributed by atoms with Crippen molar-refractivity contribution in [3.8, 4) is 5.75 Å². The van der Waals surface area contributed by atoms with Gasteiger partial charge in [-0.25, -0.2) is 0 Å². The van der Waals surface area contributed by atoms with E-state index in [4.69, 9.17) is 4.74 Å². The van der Waals surface area contributed by atoms with Crippen LogP contribution in [0.1, 0.15) is 25.8 Å². The fourth-order valence-corrected chi connectivity index (χ4v) is 4.62. The molecule has 1 aromatic heterocycles. The van der Waals surface area contributed by atoms with Crippen molar-refractivity contribution < 1.29 is 9.22 Å². The first-order valence-electron chi connectivity index (χ1n) is 10.8. The van der Waals surface area contributed by atoms with Crippen LogP contribution < -0.4 is 15.6 Å². The number of likely N-dealkylation sites (N-methyl/N-ethyl adjacent to an activating group) is 1. The van der Waals surface area contributed by atoms with Gasteiger partial charge in [-0.1, -0.05) is 0 Å². The van der Waals surface area contributed by atoms with E-state index in [0.29, 0.717) is 6.61 Å². The van der Waals surface area contributed by atoms with Crippen molar-refractivity contribution >= 4 is 41.4 Å². The van der Waals surface area contributed by atoms with E-state index in [2.05, 4.69) is 35.1 Å². The van der Waals surface area contributed by atoms with Crippen molar-refractivity contribution in [3.63, 3.8) is 0 Å². The maximum absolute atomic E-state index is 12.3. The van der Waals surface area contributed by atoms with Gasteiger partial charge in [-0.2, -0.15) is 0 Å². The van der Waals surface area contributed by atoms with Crippen molar-refractivity contribution in [1.82, 2.24) is 9.88 Å². The molecule has 30 heavy (non-hydrogen) atoms. The monoisotopic (exact) mass is 457 g/mol. The second-order valence-electron chi connectivity index (χ2n) is 8.16. The molecule has 0 unspecified atom stereocenters. The largest absolute Gasteiger partial charge is 0.492 e. The summed E-state index contributed by atoms with van der Waals surface area (Å²) >= 11 is 0. The van der Waals surface area contributed by atoms with Crippen LogP contribution in [0.4, 0.5) is 5.69 Å². The summed E-state index contributed by atoms with van der Waals surface area (Å²) < 4.78 is 7.32. The number of pyridine rings is 1. The molecule has 0 radical (unpaired) electrons. The molecule has 4 rings (SSSR count). The molecule has 2 N–H and O–H groups in total. The van der Waals surface area contributed by atoms with Gasteiger partial charge in [-0.05, 0) is 44.9 Å². The third kappa shape index (κ3) is 5.05. The fourth-order valence-electron chi connectivity index (χ4n) is 4.62. The highest BCUT2D eigenvalue weighted by atomic mass is 35.5. The number of piperazine rings is 1. The van der Waals surface area contributed by atoms with E-state index in [1.165, 1.54) is 30.7 Å². The van der Waals surface area contributed by atoms with Gasteiger partial charge in [0, 0.05) is 37.1 Å². The van der Waals surface area contributed by atoms with Crippen LogP contribution in [0.25, 0.3) is 10.9 Å². The lowest BCUT2D eigenvalue weighted by atomic mass is 10.0. The summed E-state index contributed by atoms with van der Waals surface area (Å²) in [5, 5.41) is 4.47. The van der Waals surface area contributed by atoms with Crippen LogP contribution >= 0.6 is 24.8 Å². The Bertz CT molecular complexity index is 889. The molecule has 8 heteroatoms. The first kappa shape index (κ1) is 24.8. The Morgan fingerprint density at radius 3 is 2.57 bits per heavy atom. The zero-order valence-corrected chi connectivity index (χ0v) is 19.7. The average Bonchev–Trinajstić information content (AvgIpc) is 2.75. The molecule has 0 aliphatic carbocycles. The van der Waals surface area contributed by atoms with Crippen molar-refractivity contribution in [2.45, 2.75) is 26.7 Å². The van der Waals surface area contributed by atoms with Gasteiger partial charge in [0.05, 0.1) is 37.4 Å². The van der Waals surface area contributed by atoms with E-state index in [0.717, 1.165) is 66.9 Å². The number of ether oxygens (including phenoxy) is 1. The SMILES string of the molecule is CC[N+]1(CC)CCN(CCOc2ccc3[nH]c(=O)c4c(c3c2)NCCC4)CC1.Cl.Cl. The Kier molecular flexibility index (Phi) is 8.85. The lowest BCUT2D eigenvalue weighted by Crippen LogP contribution is -2.59. The van der Waals surface area contributed by atoms with E-state index >= 15 is 0 Å². The average molecular weight is 458 g/mol. The summed E-state index contributed by atoms with van der Waals surface area (Å²) in [7, 11) is 0. The van der Waals surface area contributed by atoms with E-state index in [9.17, 15) is 4.79 Å². The molecule has 2 aliphatic rings. The van der Waals surface area contributed by atoms with Crippen molar-refractivity contribution in [1.29, 1.82) is 0 Å². The lowest BCUT2D eigenvalue weighted by Gasteiger charge is -2.43. The smallest absolute Gasteiger partial charge is 0.253 e. The zero-order valence-electron chi connectivity index (χ0n) is 18.0. The minimum absolute atomic E-state index is 0. The minimum atomic E-state index is 0. The Balaban J connectivity index is 0.00000160. The normalized spacial score (nSPS) is 17.9. The Morgan fingerprint density at radius 2 is 1.87 bits per heavy atom. The number of nitrogens with one attached hydrogen (secondary N) is 2. The standard InChI is InChI=1S/C22H32N4O2.2ClH/c1-3-26(4-2)13-10-25(11-14-26)12-15-28-17-7-8-20-19(16-17)21-18(22(27)24-20)6-5-9-23-21;;/h7-8,16H,3-6,9-15H2,1-2H3,(H-,23,24,27);2*1H/p+1. The summed E-state index contributed by atoms with van der Waals surface area (Å²) in [6, 6.07) is 5.98. The molecule has 1 saturated heterocycles. The van der Waals surface area contributed by atoms with Gasteiger partial charge < -0.3 is 19.5 Å². The van der Waals surface area contributed by atoms with Crippen LogP contribution in [0.3, 0.4) is 0 Å². The number of rotatable bonds is 6. The quantitative estimate of drug-likeness (QED) is 0.653. The molecule has 1 fully saturated rings. The Labute approximate surface area is 191 Å². The molecule has 0 amide bonds. The number of benzene rings is 1. The second-order valence-corrected chi connectivity index (χ2v) is 8.16. The number of aromatic nitrogens is 1. The number of anilines is 1. The highest BCUT2D eigenvalue weighted by molar-refractivity contribution is 5.94. The van der Waals surface area contributed by atoms with Crippen LogP contribution in [-0.4, -0.2) is 73.3 Å². The van der Waals surface area contributed by atoms with E-state index in [-0.39, 0.29) is 30.4 Å². The van der Waals surface area contributed by atoms with Gasteiger partial charge in [0.1, 0.15) is 12.4 Å². The third-order valence-corrected chi connectivity index (χ3v) is 6.79. The fraction of sp³-hybridized carbons (Fsp3) is 0.591. The number of aromatic amines is 1. The number of halogens is 2. The molecule has 168 valence electrons. The Morgan fingerprint density at radius 1 is 1.13 bits per heavy atom. The molecule has 0 saturated carbocycles. The molecular weight excluding hydrogens is 423 g/mol. The van der Waals surface area contributed by atoms with Crippen molar-refractivity contribution in [3.05, 3.63) is 34.1 Å². The van der Waals surface area contributed by atoms with Gasteiger partial charge in [-0.15, -0.1) is 24.8 Å². The molecule has 3 heterocycles. The summed E-state index contributed by atoms with van der Waals surface area (Å²) in [6.45, 7) is 14.5. The summed E-state index contributed by atoms with van der Waals surface area (Å²) in [5.41, 5.74) is 2.76. The minimum Gasteiger partial charge on any atom is -0.492 e. The summed E-state index contributed by atoms with van der Waals surface area (Å²) in [6.07, 6.45) is 1.84. The van der Waals surface area contributed by atoms with Crippen molar-refractivity contribution in [2.75, 3.05) is 64.3 Å². The molecule has 2 aromatic rings. The number of fused-ring (bicyclic) bond motifs is 3. The molecule has 2 aliphatic heterocycles. The molecular formula is C22H35Cl2N4O2+. The lowest BCUT2D eigenvalue weighted by molar-refractivity contribution is -0.928. The van der Waals surface area contributed by atoms with Crippen LogP contribution in [-0.2, 0) is 6.42 Å². The molecule has 6 nitrogen and oxygen atoms in total. The first-order chi connectivity index (χ1) is 13.6.